The largest absolute Gasteiger partial charge is 0.399 e. The first-order chi connectivity index (χ1) is 9.02. The van der Waals surface area contributed by atoms with Crippen molar-refractivity contribution in [3.05, 3.63) is 27.7 Å². The van der Waals surface area contributed by atoms with Crippen LogP contribution in [0.3, 0.4) is 0 Å². The Balaban J connectivity index is 2.24. The minimum atomic E-state index is -0.368. The molecular weight excluding hydrogens is 291 g/mol. The molecule has 1 saturated heterocycles. The molecule has 1 heterocycles. The molecule has 19 heavy (non-hydrogen) atoms. The number of rotatable bonds is 2. The van der Waals surface area contributed by atoms with Crippen molar-refractivity contribution >= 4 is 34.8 Å². The molecule has 0 aromatic heterocycles. The Morgan fingerprint density at radius 2 is 2.26 bits per heavy atom. The standard InChI is InChI=1S/C12H14Cl2N2O3/c13-10-4-7(15)3-9(11(10)14)12(18)16-1-2-19-8(5-16)6-17/h3-4,8,17H,1-2,5-6,15H2. The lowest BCUT2D eigenvalue weighted by atomic mass is 10.1. The number of hydrogen-bond acceptors (Lipinski definition) is 4. The van der Waals surface area contributed by atoms with Gasteiger partial charge in [-0.3, -0.25) is 4.79 Å². The number of nitrogens with two attached hydrogens (primary N) is 1. The Kier molecular flexibility index (Phi) is 4.52. The Morgan fingerprint density at radius 3 is 2.95 bits per heavy atom. The number of nitrogens with zero attached hydrogens (tertiary/aromatic N) is 1. The third kappa shape index (κ3) is 3.12. The molecule has 1 fully saturated rings. The van der Waals surface area contributed by atoms with Crippen LogP contribution in [0.5, 0.6) is 0 Å². The molecule has 1 aromatic carbocycles. The highest BCUT2D eigenvalue weighted by Gasteiger charge is 2.26. The smallest absolute Gasteiger partial charge is 0.255 e. The highest BCUT2D eigenvalue weighted by Crippen LogP contribution is 2.29. The van der Waals surface area contributed by atoms with E-state index in [2.05, 4.69) is 0 Å². The molecule has 0 aliphatic carbocycles. The summed E-state index contributed by atoms with van der Waals surface area (Å²) in [5.74, 6) is -0.263. The first kappa shape index (κ1) is 14.4. The zero-order valence-electron chi connectivity index (χ0n) is 10.1. The van der Waals surface area contributed by atoms with E-state index in [1.807, 2.05) is 0 Å². The van der Waals surface area contributed by atoms with Crippen LogP contribution >= 0.6 is 23.2 Å². The van der Waals surface area contributed by atoms with Crippen LogP contribution in [0, 0.1) is 0 Å². The van der Waals surface area contributed by atoms with Gasteiger partial charge in [0.15, 0.2) is 0 Å². The molecule has 3 N–H and O–H groups in total. The predicted molar refractivity (Wildman–Crippen MR) is 73.6 cm³/mol. The van der Waals surface area contributed by atoms with Crippen molar-refractivity contribution < 1.29 is 14.6 Å². The summed E-state index contributed by atoms with van der Waals surface area (Å²) < 4.78 is 5.29. The Hall–Kier alpha value is -1.01. The number of aliphatic hydroxyl groups excluding tert-OH is 1. The quantitative estimate of drug-likeness (QED) is 0.810. The van der Waals surface area contributed by atoms with E-state index in [-0.39, 0.29) is 34.2 Å². The van der Waals surface area contributed by atoms with E-state index in [0.717, 1.165) is 0 Å². The summed E-state index contributed by atoms with van der Waals surface area (Å²) in [5.41, 5.74) is 6.32. The normalized spacial score (nSPS) is 19.5. The molecule has 1 atom stereocenters. The molecule has 0 bridgehead atoms. The van der Waals surface area contributed by atoms with E-state index in [4.69, 9.17) is 38.8 Å². The van der Waals surface area contributed by atoms with E-state index >= 15 is 0 Å². The summed E-state index contributed by atoms with van der Waals surface area (Å²) >= 11 is 11.9. The maximum Gasteiger partial charge on any atom is 0.255 e. The molecule has 1 aliphatic rings. The number of hydrogen-bond donors (Lipinski definition) is 2. The van der Waals surface area contributed by atoms with Gasteiger partial charge < -0.3 is 20.5 Å². The summed E-state index contributed by atoms with van der Waals surface area (Å²) in [4.78, 5) is 13.9. The number of benzene rings is 1. The number of carbonyl (C=O) groups is 1. The van der Waals surface area contributed by atoms with Crippen LogP contribution in [0.2, 0.25) is 10.0 Å². The average Bonchev–Trinajstić information content (AvgIpc) is 2.42. The number of amides is 1. The van der Waals surface area contributed by atoms with Gasteiger partial charge in [-0.15, -0.1) is 0 Å². The predicted octanol–water partition coefficient (Wildman–Crippen LogP) is 1.41. The number of halogens is 2. The maximum absolute atomic E-state index is 12.4. The van der Waals surface area contributed by atoms with E-state index < -0.39 is 0 Å². The molecule has 0 radical (unpaired) electrons. The van der Waals surface area contributed by atoms with Gasteiger partial charge in [-0.25, -0.2) is 0 Å². The van der Waals surface area contributed by atoms with Crippen LogP contribution in [-0.2, 0) is 4.74 Å². The molecule has 1 amide bonds. The van der Waals surface area contributed by atoms with Gasteiger partial charge in [0.05, 0.1) is 34.9 Å². The highest BCUT2D eigenvalue weighted by atomic mass is 35.5. The molecule has 1 aliphatic heterocycles. The van der Waals surface area contributed by atoms with E-state index in [1.165, 1.54) is 12.1 Å². The molecule has 1 aromatic rings. The second-order valence-electron chi connectivity index (χ2n) is 4.29. The molecule has 2 rings (SSSR count). The number of aliphatic hydroxyl groups is 1. The van der Waals surface area contributed by atoms with Crippen molar-refractivity contribution in [1.29, 1.82) is 0 Å². The molecule has 5 nitrogen and oxygen atoms in total. The zero-order chi connectivity index (χ0) is 14.0. The minimum absolute atomic E-state index is 0.130. The highest BCUT2D eigenvalue weighted by molar-refractivity contribution is 6.44. The second-order valence-corrected chi connectivity index (χ2v) is 5.08. The second kappa shape index (κ2) is 5.96. The van der Waals surface area contributed by atoms with Crippen LogP contribution < -0.4 is 5.73 Å². The van der Waals surface area contributed by atoms with Gasteiger partial charge in [0, 0.05) is 18.8 Å². The topological polar surface area (TPSA) is 75.8 Å². The van der Waals surface area contributed by atoms with Gasteiger partial charge in [-0.1, -0.05) is 23.2 Å². The van der Waals surface area contributed by atoms with Gasteiger partial charge in [-0.2, -0.15) is 0 Å². The fraction of sp³-hybridized carbons (Fsp3) is 0.417. The van der Waals surface area contributed by atoms with Crippen LogP contribution in [0.15, 0.2) is 12.1 Å². The first-order valence-corrected chi connectivity index (χ1v) is 6.54. The van der Waals surface area contributed by atoms with Crippen molar-refractivity contribution in [2.45, 2.75) is 6.10 Å². The minimum Gasteiger partial charge on any atom is -0.399 e. The van der Waals surface area contributed by atoms with Crippen molar-refractivity contribution in [3.8, 4) is 0 Å². The summed E-state index contributed by atoms with van der Waals surface area (Å²) in [6.45, 7) is 1.01. The lowest BCUT2D eigenvalue weighted by molar-refractivity contribution is -0.0447. The van der Waals surface area contributed by atoms with Crippen LogP contribution in [0.1, 0.15) is 10.4 Å². The number of nitrogen functional groups attached to an aromatic ring is 1. The summed E-state index contributed by atoms with van der Waals surface area (Å²) in [5, 5.41) is 9.51. The van der Waals surface area contributed by atoms with Gasteiger partial charge >= 0.3 is 0 Å². The molecule has 0 saturated carbocycles. The van der Waals surface area contributed by atoms with E-state index in [1.54, 1.807) is 4.90 Å². The summed E-state index contributed by atoms with van der Waals surface area (Å²) in [6, 6.07) is 3.00. The zero-order valence-corrected chi connectivity index (χ0v) is 11.6. The number of morpholine rings is 1. The fourth-order valence-corrected chi connectivity index (χ4v) is 2.37. The van der Waals surface area contributed by atoms with Crippen molar-refractivity contribution in [2.75, 3.05) is 32.0 Å². The van der Waals surface area contributed by atoms with Crippen LogP contribution in [0.25, 0.3) is 0 Å². The average molecular weight is 305 g/mol. The number of anilines is 1. The fourth-order valence-electron chi connectivity index (χ4n) is 1.95. The van der Waals surface area contributed by atoms with Gasteiger partial charge in [0.2, 0.25) is 0 Å². The SMILES string of the molecule is Nc1cc(Cl)c(Cl)c(C(=O)N2CCOC(CO)C2)c1. The molecule has 104 valence electrons. The summed E-state index contributed by atoms with van der Waals surface area (Å²) in [7, 11) is 0. The Bertz CT molecular complexity index is 496. The van der Waals surface area contributed by atoms with E-state index in [0.29, 0.717) is 25.4 Å². The molecule has 1 unspecified atom stereocenters. The number of ether oxygens (including phenoxy) is 1. The molecule has 7 heteroatoms. The Labute approximate surface area is 120 Å². The van der Waals surface area contributed by atoms with E-state index in [9.17, 15) is 4.79 Å². The van der Waals surface area contributed by atoms with Crippen LogP contribution in [-0.4, -0.2) is 48.3 Å². The third-order valence-electron chi connectivity index (χ3n) is 2.91. The maximum atomic E-state index is 12.4. The number of carbonyl (C=O) groups excluding carboxylic acids is 1. The Morgan fingerprint density at radius 1 is 1.53 bits per heavy atom. The molecule has 0 spiro atoms. The van der Waals surface area contributed by atoms with Crippen molar-refractivity contribution in [2.24, 2.45) is 0 Å². The monoisotopic (exact) mass is 304 g/mol. The van der Waals surface area contributed by atoms with Gasteiger partial charge in [0.1, 0.15) is 0 Å². The van der Waals surface area contributed by atoms with Crippen molar-refractivity contribution in [3.63, 3.8) is 0 Å². The van der Waals surface area contributed by atoms with Gasteiger partial charge in [-0.05, 0) is 12.1 Å². The van der Waals surface area contributed by atoms with Crippen LogP contribution in [0.4, 0.5) is 5.69 Å². The lowest BCUT2D eigenvalue weighted by Gasteiger charge is -2.32. The third-order valence-corrected chi connectivity index (χ3v) is 3.71. The lowest BCUT2D eigenvalue weighted by Crippen LogP contribution is -2.47. The van der Waals surface area contributed by atoms with Gasteiger partial charge in [0.25, 0.3) is 5.91 Å². The molecular formula is C12H14Cl2N2O3. The van der Waals surface area contributed by atoms with Crippen molar-refractivity contribution in [1.82, 2.24) is 4.90 Å². The summed E-state index contributed by atoms with van der Waals surface area (Å²) in [6.07, 6.45) is -0.368. The first-order valence-electron chi connectivity index (χ1n) is 5.79.